The molecule has 0 aliphatic carbocycles. The molecule has 0 unspecified atom stereocenters. The van der Waals surface area contributed by atoms with Crippen molar-refractivity contribution in [2.75, 3.05) is 5.32 Å². The molecule has 0 radical (unpaired) electrons. The molecule has 1 aliphatic rings. The molecule has 1 heterocycles. The van der Waals surface area contributed by atoms with E-state index in [1.165, 1.54) is 0 Å². The van der Waals surface area contributed by atoms with Crippen LogP contribution in [0.25, 0.3) is 0 Å². The number of fused-ring (bicyclic) bond motifs is 1. The highest BCUT2D eigenvalue weighted by atomic mass is 16.2. The molecule has 0 saturated carbocycles. The zero-order valence-electron chi connectivity index (χ0n) is 13.2. The van der Waals surface area contributed by atoms with Crippen LogP contribution in [0.2, 0.25) is 0 Å². The highest BCUT2D eigenvalue weighted by Crippen LogP contribution is 2.26. The molecule has 0 saturated heterocycles. The van der Waals surface area contributed by atoms with Gasteiger partial charge in [0, 0.05) is 17.8 Å². The summed E-state index contributed by atoms with van der Waals surface area (Å²) in [4.78, 5) is 27.0. The minimum absolute atomic E-state index is 0.0535. The Kier molecular flexibility index (Phi) is 4.42. The number of hydrogen-bond donors (Lipinski definition) is 1. The van der Waals surface area contributed by atoms with Crippen molar-refractivity contribution in [3.05, 3.63) is 65.7 Å². The van der Waals surface area contributed by atoms with Crippen molar-refractivity contribution < 1.29 is 9.59 Å². The number of carbonyl (C=O) groups excluding carboxylic acids is 2. The maximum Gasteiger partial charge on any atom is 0.255 e. The molecular formula is C19H20N2O2. The third-order valence-electron chi connectivity index (χ3n) is 4.13. The maximum absolute atomic E-state index is 12.7. The molecule has 0 fully saturated rings. The van der Waals surface area contributed by atoms with Gasteiger partial charge >= 0.3 is 0 Å². The second-order valence-electron chi connectivity index (χ2n) is 5.75. The van der Waals surface area contributed by atoms with Gasteiger partial charge in [-0.05, 0) is 30.2 Å². The molecule has 4 nitrogen and oxygen atoms in total. The van der Waals surface area contributed by atoms with Gasteiger partial charge in [-0.15, -0.1) is 0 Å². The number of anilines is 1. The van der Waals surface area contributed by atoms with Crippen LogP contribution in [0.1, 0.15) is 35.7 Å². The molecule has 0 aromatic heterocycles. The zero-order valence-corrected chi connectivity index (χ0v) is 13.2. The highest BCUT2D eigenvalue weighted by Gasteiger charge is 2.35. The number of carbonyl (C=O) groups is 2. The van der Waals surface area contributed by atoms with Gasteiger partial charge in [-0.2, -0.15) is 0 Å². The van der Waals surface area contributed by atoms with E-state index in [9.17, 15) is 9.59 Å². The van der Waals surface area contributed by atoms with E-state index in [1.54, 1.807) is 4.90 Å². The van der Waals surface area contributed by atoms with Crippen molar-refractivity contribution in [3.63, 3.8) is 0 Å². The molecule has 118 valence electrons. The van der Waals surface area contributed by atoms with E-state index in [2.05, 4.69) is 5.32 Å². The van der Waals surface area contributed by atoms with Crippen LogP contribution in [-0.4, -0.2) is 22.8 Å². The van der Waals surface area contributed by atoms with Crippen LogP contribution in [0.4, 0.5) is 5.69 Å². The number of benzene rings is 2. The van der Waals surface area contributed by atoms with Crippen molar-refractivity contribution in [3.8, 4) is 0 Å². The van der Waals surface area contributed by atoms with E-state index in [1.807, 2.05) is 61.5 Å². The summed E-state index contributed by atoms with van der Waals surface area (Å²) in [6, 6.07) is 16.5. The first kappa shape index (κ1) is 15.3. The van der Waals surface area contributed by atoms with E-state index in [-0.39, 0.29) is 11.8 Å². The van der Waals surface area contributed by atoms with Gasteiger partial charge < -0.3 is 10.2 Å². The van der Waals surface area contributed by atoms with Crippen LogP contribution in [0, 0.1) is 0 Å². The first-order chi connectivity index (χ1) is 11.2. The Labute approximate surface area is 136 Å². The smallest absolute Gasteiger partial charge is 0.255 e. The average molecular weight is 308 g/mol. The number of para-hydroxylation sites is 1. The second kappa shape index (κ2) is 6.65. The quantitative estimate of drug-likeness (QED) is 0.919. The summed E-state index contributed by atoms with van der Waals surface area (Å²) < 4.78 is 0. The van der Waals surface area contributed by atoms with E-state index >= 15 is 0 Å². The summed E-state index contributed by atoms with van der Waals surface area (Å²) in [7, 11) is 0. The molecule has 4 heteroatoms. The third kappa shape index (κ3) is 3.11. The molecule has 0 bridgehead atoms. The van der Waals surface area contributed by atoms with E-state index in [0.29, 0.717) is 18.5 Å². The summed E-state index contributed by atoms with van der Waals surface area (Å²) in [6.45, 7) is 2.53. The number of nitrogens with one attached hydrogen (secondary N) is 1. The van der Waals surface area contributed by atoms with Gasteiger partial charge in [0.15, 0.2) is 0 Å². The van der Waals surface area contributed by atoms with Gasteiger partial charge in [-0.25, -0.2) is 0 Å². The van der Waals surface area contributed by atoms with E-state index < -0.39 is 6.04 Å². The largest absolute Gasteiger partial charge is 0.324 e. The number of rotatable bonds is 5. The van der Waals surface area contributed by atoms with Crippen LogP contribution < -0.4 is 5.32 Å². The molecule has 2 aromatic rings. The summed E-state index contributed by atoms with van der Waals surface area (Å²) >= 11 is 0. The van der Waals surface area contributed by atoms with Crippen molar-refractivity contribution in [2.45, 2.75) is 32.4 Å². The van der Waals surface area contributed by atoms with Crippen LogP contribution in [0.15, 0.2) is 54.6 Å². The Balaban J connectivity index is 1.80. The lowest BCUT2D eigenvalue weighted by atomic mass is 10.1. The molecule has 1 aliphatic heterocycles. The molecule has 3 rings (SSSR count). The molecule has 2 aromatic carbocycles. The van der Waals surface area contributed by atoms with Crippen LogP contribution in [0.5, 0.6) is 0 Å². The second-order valence-corrected chi connectivity index (χ2v) is 5.75. The Morgan fingerprint density at radius 3 is 2.52 bits per heavy atom. The minimum Gasteiger partial charge on any atom is -0.324 e. The molecule has 1 N–H and O–H groups in total. The SMILES string of the molecule is CCC[C@H](C(=O)Nc1ccccc1)N1Cc2ccccc2C1=O. The van der Waals surface area contributed by atoms with Gasteiger partial charge in [0.05, 0.1) is 0 Å². The molecular weight excluding hydrogens is 288 g/mol. The van der Waals surface area contributed by atoms with Crippen molar-refractivity contribution in [1.82, 2.24) is 4.90 Å². The Hall–Kier alpha value is -2.62. The van der Waals surface area contributed by atoms with Gasteiger partial charge in [-0.1, -0.05) is 49.7 Å². The first-order valence-corrected chi connectivity index (χ1v) is 7.95. The topological polar surface area (TPSA) is 49.4 Å². The Morgan fingerprint density at radius 2 is 1.83 bits per heavy atom. The van der Waals surface area contributed by atoms with Crippen LogP contribution in [-0.2, 0) is 11.3 Å². The summed E-state index contributed by atoms with van der Waals surface area (Å²) in [5.74, 6) is -0.179. The molecule has 1 atom stereocenters. The fraction of sp³-hybridized carbons (Fsp3) is 0.263. The predicted octanol–water partition coefficient (Wildman–Crippen LogP) is 3.45. The summed E-state index contributed by atoms with van der Waals surface area (Å²) in [5.41, 5.74) is 2.45. The van der Waals surface area contributed by atoms with E-state index in [0.717, 1.165) is 17.7 Å². The number of amides is 2. The van der Waals surface area contributed by atoms with Gasteiger partial charge in [0.2, 0.25) is 5.91 Å². The van der Waals surface area contributed by atoms with E-state index in [4.69, 9.17) is 0 Å². The summed E-state index contributed by atoms with van der Waals surface area (Å²) in [6.07, 6.45) is 1.49. The summed E-state index contributed by atoms with van der Waals surface area (Å²) in [5, 5.41) is 2.92. The lowest BCUT2D eigenvalue weighted by Crippen LogP contribution is -2.44. The van der Waals surface area contributed by atoms with Crippen LogP contribution >= 0.6 is 0 Å². The highest BCUT2D eigenvalue weighted by molar-refractivity contribution is 6.03. The minimum atomic E-state index is -0.444. The third-order valence-corrected chi connectivity index (χ3v) is 4.13. The lowest BCUT2D eigenvalue weighted by Gasteiger charge is -2.26. The zero-order chi connectivity index (χ0) is 16.2. The molecule has 0 spiro atoms. The molecule has 2 amide bonds. The fourth-order valence-electron chi connectivity index (χ4n) is 2.98. The Bertz CT molecular complexity index is 712. The van der Waals surface area contributed by atoms with Crippen LogP contribution in [0.3, 0.4) is 0 Å². The van der Waals surface area contributed by atoms with Gasteiger partial charge in [0.1, 0.15) is 6.04 Å². The fourth-order valence-corrected chi connectivity index (χ4v) is 2.98. The van der Waals surface area contributed by atoms with Crippen molar-refractivity contribution in [1.29, 1.82) is 0 Å². The molecule has 23 heavy (non-hydrogen) atoms. The first-order valence-electron chi connectivity index (χ1n) is 7.95. The van der Waals surface area contributed by atoms with Gasteiger partial charge in [0.25, 0.3) is 5.91 Å². The predicted molar refractivity (Wildman–Crippen MR) is 90.1 cm³/mol. The number of nitrogens with zero attached hydrogens (tertiary/aromatic N) is 1. The normalized spacial score (nSPS) is 14.5. The maximum atomic E-state index is 12.7. The number of hydrogen-bond acceptors (Lipinski definition) is 2. The van der Waals surface area contributed by atoms with Gasteiger partial charge in [-0.3, -0.25) is 9.59 Å². The lowest BCUT2D eigenvalue weighted by molar-refractivity contribution is -0.120. The van der Waals surface area contributed by atoms with Crippen molar-refractivity contribution in [2.24, 2.45) is 0 Å². The monoisotopic (exact) mass is 308 g/mol. The average Bonchev–Trinajstić information content (AvgIpc) is 2.90. The van der Waals surface area contributed by atoms with Crippen molar-refractivity contribution >= 4 is 17.5 Å². The Morgan fingerprint density at radius 1 is 1.13 bits per heavy atom. The standard InChI is InChI=1S/C19H20N2O2/c1-2-8-17(18(22)20-15-10-4-3-5-11-15)21-13-14-9-6-7-12-16(14)19(21)23/h3-7,9-12,17H,2,8,13H2,1H3,(H,20,22)/t17-/m1/s1.